The fraction of sp³-hybridized carbons (Fsp3) is 0.407. The second-order valence-corrected chi connectivity index (χ2v) is 9.17. The van der Waals surface area contributed by atoms with E-state index in [-0.39, 0.29) is 0 Å². The van der Waals surface area contributed by atoms with Gasteiger partial charge in [-0.25, -0.2) is 0 Å². The second kappa shape index (κ2) is 9.05. The molecule has 0 spiro atoms. The summed E-state index contributed by atoms with van der Waals surface area (Å²) in [5.74, 6) is 0. The monoisotopic (exact) mass is 456 g/mol. The van der Waals surface area contributed by atoms with E-state index in [0.717, 1.165) is 52.7 Å². The molecule has 7 nitrogen and oxygen atoms in total. The lowest BCUT2D eigenvalue weighted by Crippen LogP contribution is -2.29. The lowest BCUT2D eigenvalue weighted by atomic mass is 9.97. The first-order chi connectivity index (χ1) is 16.6. The van der Waals surface area contributed by atoms with Crippen molar-refractivity contribution in [1.29, 1.82) is 0 Å². The second-order valence-electron chi connectivity index (χ2n) is 9.17. The van der Waals surface area contributed by atoms with E-state index in [2.05, 4.69) is 47.9 Å². The SMILES string of the molecule is CC.CC(C)n1cc(-c2cc3cccc(-c4nn(C5CC5)c5c4CN(C=O)CC5)c3cn2)cn1. The number of pyridine rings is 1. The molecule has 0 unspecified atom stereocenters. The van der Waals surface area contributed by atoms with Crippen LogP contribution in [-0.2, 0) is 17.8 Å². The van der Waals surface area contributed by atoms with Gasteiger partial charge in [0.05, 0.1) is 23.6 Å². The molecule has 1 amide bonds. The summed E-state index contributed by atoms with van der Waals surface area (Å²) in [5.41, 5.74) is 6.49. The Morgan fingerprint density at radius 1 is 1.15 bits per heavy atom. The minimum absolute atomic E-state index is 0.314. The molecule has 4 aromatic rings. The van der Waals surface area contributed by atoms with E-state index in [1.807, 2.05) is 42.0 Å². The Morgan fingerprint density at radius 2 is 1.97 bits per heavy atom. The number of carbonyl (C=O) groups excluding carboxylic acids is 1. The molecule has 1 fully saturated rings. The first-order valence-corrected chi connectivity index (χ1v) is 12.4. The maximum atomic E-state index is 11.5. The van der Waals surface area contributed by atoms with Gasteiger partial charge in [-0.3, -0.25) is 19.1 Å². The summed E-state index contributed by atoms with van der Waals surface area (Å²) < 4.78 is 4.18. The van der Waals surface area contributed by atoms with Crippen molar-refractivity contribution in [3.05, 3.63) is 54.1 Å². The van der Waals surface area contributed by atoms with E-state index < -0.39 is 0 Å². The average Bonchev–Trinajstić information content (AvgIpc) is 3.47. The van der Waals surface area contributed by atoms with Gasteiger partial charge in [-0.2, -0.15) is 10.2 Å². The topological polar surface area (TPSA) is 68.8 Å². The molecule has 1 saturated carbocycles. The van der Waals surface area contributed by atoms with Crippen LogP contribution in [0.2, 0.25) is 0 Å². The third kappa shape index (κ3) is 3.89. The number of hydrogen-bond donors (Lipinski definition) is 0. The third-order valence-electron chi connectivity index (χ3n) is 6.60. The van der Waals surface area contributed by atoms with E-state index in [0.29, 0.717) is 18.6 Å². The number of amides is 1. The molecule has 4 heterocycles. The Morgan fingerprint density at radius 3 is 2.68 bits per heavy atom. The predicted octanol–water partition coefficient (Wildman–Crippen LogP) is 5.42. The lowest BCUT2D eigenvalue weighted by molar-refractivity contribution is -0.118. The van der Waals surface area contributed by atoms with Crippen molar-refractivity contribution in [1.82, 2.24) is 29.4 Å². The van der Waals surface area contributed by atoms with Crippen LogP contribution < -0.4 is 0 Å². The van der Waals surface area contributed by atoms with Crippen LogP contribution >= 0.6 is 0 Å². The Hall–Kier alpha value is -3.48. The van der Waals surface area contributed by atoms with Gasteiger partial charge in [-0.05, 0) is 38.1 Å². The molecule has 0 saturated heterocycles. The van der Waals surface area contributed by atoms with Gasteiger partial charge in [-0.1, -0.05) is 32.0 Å². The molecule has 0 radical (unpaired) electrons. The zero-order chi connectivity index (χ0) is 23.8. The summed E-state index contributed by atoms with van der Waals surface area (Å²) >= 11 is 0. The number of benzene rings is 1. The van der Waals surface area contributed by atoms with E-state index in [9.17, 15) is 4.79 Å². The van der Waals surface area contributed by atoms with Crippen LogP contribution in [0.3, 0.4) is 0 Å². The van der Waals surface area contributed by atoms with Crippen LogP contribution in [0.25, 0.3) is 33.3 Å². The van der Waals surface area contributed by atoms with Crippen molar-refractivity contribution in [2.45, 2.75) is 65.6 Å². The quantitative estimate of drug-likeness (QED) is 0.376. The molecule has 6 rings (SSSR count). The zero-order valence-electron chi connectivity index (χ0n) is 20.4. The largest absolute Gasteiger partial charge is 0.340 e. The van der Waals surface area contributed by atoms with Crippen molar-refractivity contribution in [2.75, 3.05) is 6.54 Å². The molecule has 0 bridgehead atoms. The summed E-state index contributed by atoms with van der Waals surface area (Å²) in [6.45, 7) is 9.62. The molecular weight excluding hydrogens is 424 g/mol. The summed E-state index contributed by atoms with van der Waals surface area (Å²) in [4.78, 5) is 18.1. The summed E-state index contributed by atoms with van der Waals surface area (Å²) in [7, 11) is 0. The highest BCUT2D eigenvalue weighted by molar-refractivity contribution is 5.97. The van der Waals surface area contributed by atoms with Gasteiger partial charge >= 0.3 is 0 Å². The molecule has 7 heteroatoms. The highest BCUT2D eigenvalue weighted by Crippen LogP contribution is 2.41. The fourth-order valence-corrected chi connectivity index (χ4v) is 4.68. The van der Waals surface area contributed by atoms with Crippen LogP contribution in [0.1, 0.15) is 63.9 Å². The maximum absolute atomic E-state index is 11.5. The van der Waals surface area contributed by atoms with Gasteiger partial charge in [0, 0.05) is 65.7 Å². The first kappa shape index (κ1) is 22.3. The Balaban J connectivity index is 0.00000117. The normalized spacial score (nSPS) is 15.3. The highest BCUT2D eigenvalue weighted by atomic mass is 16.1. The van der Waals surface area contributed by atoms with Gasteiger partial charge in [0.25, 0.3) is 0 Å². The molecule has 34 heavy (non-hydrogen) atoms. The highest BCUT2D eigenvalue weighted by Gasteiger charge is 2.33. The summed E-state index contributed by atoms with van der Waals surface area (Å²) in [6.07, 6.45) is 10.1. The molecule has 3 aromatic heterocycles. The minimum atomic E-state index is 0.314. The van der Waals surface area contributed by atoms with Crippen molar-refractivity contribution in [2.24, 2.45) is 0 Å². The third-order valence-corrected chi connectivity index (χ3v) is 6.60. The molecule has 2 aliphatic rings. The molecule has 176 valence electrons. The zero-order valence-corrected chi connectivity index (χ0v) is 20.4. The first-order valence-electron chi connectivity index (χ1n) is 12.4. The van der Waals surface area contributed by atoms with Crippen LogP contribution in [0.4, 0.5) is 0 Å². The number of nitrogens with zero attached hydrogens (tertiary/aromatic N) is 6. The Kier molecular flexibility index (Phi) is 5.94. The van der Waals surface area contributed by atoms with Crippen molar-refractivity contribution in [3.63, 3.8) is 0 Å². The van der Waals surface area contributed by atoms with Crippen molar-refractivity contribution >= 4 is 17.2 Å². The van der Waals surface area contributed by atoms with Gasteiger partial charge in [0.2, 0.25) is 6.41 Å². The molecular formula is C27H32N6O. The van der Waals surface area contributed by atoms with E-state index in [1.54, 1.807) is 0 Å². The molecule has 1 aliphatic carbocycles. The number of rotatable bonds is 5. The maximum Gasteiger partial charge on any atom is 0.210 e. The van der Waals surface area contributed by atoms with Gasteiger partial charge in [0.15, 0.2) is 0 Å². The summed E-state index contributed by atoms with van der Waals surface area (Å²) in [6, 6.07) is 9.29. The predicted molar refractivity (Wildman–Crippen MR) is 134 cm³/mol. The van der Waals surface area contributed by atoms with Crippen LogP contribution in [0.15, 0.2) is 42.9 Å². The van der Waals surface area contributed by atoms with Gasteiger partial charge in [0.1, 0.15) is 0 Å². The minimum Gasteiger partial charge on any atom is -0.340 e. The molecule has 1 aliphatic heterocycles. The standard InChI is InChI=1S/C25H26N6O.C2H6/c1-16(2)30-13-18(11-27-30)23-10-17-4-3-5-20(21(17)12-26-23)25-22-14-29(15-32)9-8-24(22)31(28-25)19-6-7-19;1-2/h3-5,10-13,15-16,19H,6-9,14H2,1-2H3;1-2H3. The van der Waals surface area contributed by atoms with E-state index in [4.69, 9.17) is 10.1 Å². The number of hydrogen-bond acceptors (Lipinski definition) is 4. The van der Waals surface area contributed by atoms with E-state index in [1.165, 1.54) is 24.1 Å². The fourth-order valence-electron chi connectivity index (χ4n) is 4.68. The molecule has 0 N–H and O–H groups in total. The van der Waals surface area contributed by atoms with Crippen molar-refractivity contribution < 1.29 is 4.79 Å². The van der Waals surface area contributed by atoms with Gasteiger partial charge < -0.3 is 4.90 Å². The molecule has 1 aromatic carbocycles. The van der Waals surface area contributed by atoms with E-state index >= 15 is 0 Å². The van der Waals surface area contributed by atoms with Crippen LogP contribution in [0, 0.1) is 0 Å². The number of fused-ring (bicyclic) bond motifs is 2. The lowest BCUT2D eigenvalue weighted by Gasteiger charge is -2.24. The smallest absolute Gasteiger partial charge is 0.210 e. The number of carbonyl (C=O) groups is 1. The van der Waals surface area contributed by atoms with Crippen LogP contribution in [0.5, 0.6) is 0 Å². The average molecular weight is 457 g/mol. The Bertz CT molecular complexity index is 1330. The molecule has 0 atom stereocenters. The Labute approximate surface area is 200 Å². The van der Waals surface area contributed by atoms with Crippen molar-refractivity contribution in [3.8, 4) is 22.5 Å². The van der Waals surface area contributed by atoms with Gasteiger partial charge in [-0.15, -0.1) is 0 Å². The summed E-state index contributed by atoms with van der Waals surface area (Å²) in [5, 5.41) is 11.7. The number of aromatic nitrogens is 5. The van der Waals surface area contributed by atoms with Crippen LogP contribution in [-0.4, -0.2) is 42.4 Å².